The minimum Gasteiger partial charge on any atom is -0.481 e. The molecule has 0 saturated carbocycles. The Balaban J connectivity index is 5.76. The molecule has 11 nitrogen and oxygen atoms in total. The lowest BCUT2D eigenvalue weighted by Crippen LogP contribution is -2.41. The summed E-state index contributed by atoms with van der Waals surface area (Å²) in [6.45, 7) is 15.7. The fourth-order valence-electron chi connectivity index (χ4n) is 10.6. The first-order valence-corrected chi connectivity index (χ1v) is 35.2. The first kappa shape index (κ1) is 75.5. The third-order valence-corrected chi connectivity index (χ3v) is 17.8. The fraction of sp³-hybridized carbons (Fsp3) is 0.938. The summed E-state index contributed by atoms with van der Waals surface area (Å²) in [6, 6.07) is 0.231. The van der Waals surface area contributed by atoms with Crippen molar-refractivity contribution in [1.29, 1.82) is 0 Å². The van der Waals surface area contributed by atoms with Gasteiger partial charge >= 0.3 is 11.9 Å². The van der Waals surface area contributed by atoms with Crippen molar-refractivity contribution in [2.75, 3.05) is 64.2 Å². The lowest BCUT2D eigenvalue weighted by molar-refractivity contribution is -0.151. The van der Waals surface area contributed by atoms with Gasteiger partial charge in [-0.05, 0) is 63.2 Å². The van der Waals surface area contributed by atoms with Crippen molar-refractivity contribution in [2.45, 2.75) is 304 Å². The van der Waals surface area contributed by atoms with Gasteiger partial charge in [-0.2, -0.15) is 0 Å². The van der Waals surface area contributed by atoms with E-state index in [9.17, 15) is 19.2 Å². The van der Waals surface area contributed by atoms with Crippen LogP contribution in [0.15, 0.2) is 0 Å². The molecule has 13 heteroatoms. The Morgan fingerprint density at radius 2 is 0.961 bits per heavy atom. The number of amides is 2. The maximum atomic E-state index is 14.3. The number of carboxylic acids is 1. The van der Waals surface area contributed by atoms with Gasteiger partial charge in [-0.25, -0.2) is 0 Å². The van der Waals surface area contributed by atoms with Crippen LogP contribution < -0.4 is 11.1 Å². The topological polar surface area (TPSA) is 157 Å². The molecule has 4 unspecified atom stereocenters. The number of hydrogen-bond donors (Lipinski definition) is 3. The number of hydrogen-bond acceptors (Lipinski definition) is 10. The quantitative estimate of drug-likeness (QED) is 0.0302. The highest BCUT2D eigenvalue weighted by Crippen LogP contribution is 2.30. The maximum absolute atomic E-state index is 14.3. The summed E-state index contributed by atoms with van der Waals surface area (Å²) in [4.78, 5) is 54.0. The summed E-state index contributed by atoms with van der Waals surface area (Å²) < 4.78 is 17.1. The maximum Gasteiger partial charge on any atom is 0.308 e. The predicted molar refractivity (Wildman–Crippen MR) is 331 cm³/mol. The van der Waals surface area contributed by atoms with Gasteiger partial charge in [0.2, 0.25) is 11.8 Å². The van der Waals surface area contributed by atoms with Crippen molar-refractivity contribution in [3.63, 3.8) is 0 Å². The lowest BCUT2D eigenvalue weighted by atomic mass is 9.84. The molecule has 0 rings (SSSR count). The van der Waals surface area contributed by atoms with Crippen LogP contribution in [0.5, 0.6) is 0 Å². The SMILES string of the molecule is CCCCCCCCCN(C(=O)CCSSCCNC(=O)CCOCCOCCN)C(CCCCCCCCC(=O)O)CCCCCCCC(CC(CCCC)CCCCCC)C(=O)OCC(CCCC)CCCCCC. The molecule has 0 aromatic heterocycles. The second kappa shape index (κ2) is 59.1. The van der Waals surface area contributed by atoms with Crippen molar-refractivity contribution in [2.24, 2.45) is 23.5 Å². The highest BCUT2D eigenvalue weighted by molar-refractivity contribution is 8.76. The number of nitrogens with zero attached hydrogens (tertiary/aromatic N) is 1. The van der Waals surface area contributed by atoms with E-state index >= 15 is 0 Å². The average molecular weight is 1130 g/mol. The zero-order valence-corrected chi connectivity index (χ0v) is 52.7. The highest BCUT2D eigenvalue weighted by atomic mass is 33.1. The van der Waals surface area contributed by atoms with Gasteiger partial charge in [0.05, 0.1) is 39.0 Å². The van der Waals surface area contributed by atoms with Crippen LogP contribution in [0.4, 0.5) is 0 Å². The lowest BCUT2D eigenvalue weighted by Gasteiger charge is -2.33. The molecule has 456 valence electrons. The average Bonchev–Trinajstić information content (AvgIpc) is 3.42. The number of ether oxygens (including phenoxy) is 3. The predicted octanol–water partition coefficient (Wildman–Crippen LogP) is 17.2. The Labute approximate surface area is 483 Å². The summed E-state index contributed by atoms with van der Waals surface area (Å²) in [5, 5.41) is 12.1. The Kier molecular flexibility index (Phi) is 57.9. The molecule has 0 aliphatic carbocycles. The number of nitrogens with one attached hydrogen (secondary N) is 1. The van der Waals surface area contributed by atoms with Gasteiger partial charge in [0.15, 0.2) is 0 Å². The number of aliphatic carboxylic acids is 1. The monoisotopic (exact) mass is 1130 g/mol. The first-order valence-electron chi connectivity index (χ1n) is 32.7. The van der Waals surface area contributed by atoms with Gasteiger partial charge in [-0.15, -0.1) is 0 Å². The molecule has 0 fully saturated rings. The first-order chi connectivity index (χ1) is 37.7. The Morgan fingerprint density at radius 1 is 0.494 bits per heavy atom. The molecule has 0 heterocycles. The molecule has 0 spiro atoms. The normalized spacial score (nSPS) is 13.1. The fourth-order valence-corrected chi connectivity index (χ4v) is 12.5. The molecule has 0 saturated heterocycles. The van der Waals surface area contributed by atoms with Crippen molar-refractivity contribution in [3.05, 3.63) is 0 Å². The molecule has 77 heavy (non-hydrogen) atoms. The molecule has 4 atom stereocenters. The number of unbranched alkanes of at least 4 members (excludes halogenated alkanes) is 23. The Morgan fingerprint density at radius 3 is 1.55 bits per heavy atom. The van der Waals surface area contributed by atoms with Crippen LogP contribution in [0.3, 0.4) is 0 Å². The Bertz CT molecular complexity index is 1320. The van der Waals surface area contributed by atoms with E-state index in [0.717, 1.165) is 134 Å². The third-order valence-electron chi connectivity index (χ3n) is 15.4. The van der Waals surface area contributed by atoms with Gasteiger partial charge in [0.1, 0.15) is 0 Å². The van der Waals surface area contributed by atoms with E-state index in [-0.39, 0.29) is 36.2 Å². The number of carbonyl (C=O) groups is 4. The second-order valence-corrected chi connectivity index (χ2v) is 25.2. The molecule has 0 aliphatic heterocycles. The molecule has 4 N–H and O–H groups in total. The van der Waals surface area contributed by atoms with Gasteiger partial charge in [-0.1, -0.05) is 249 Å². The molecule has 0 bridgehead atoms. The number of nitrogens with two attached hydrogens (primary N) is 1. The van der Waals surface area contributed by atoms with E-state index in [1.807, 2.05) is 0 Å². The number of carbonyl (C=O) groups excluding carboxylic acids is 3. The molecule has 0 aromatic rings. The van der Waals surface area contributed by atoms with Crippen LogP contribution in [0.2, 0.25) is 0 Å². The van der Waals surface area contributed by atoms with Crippen molar-refractivity contribution in [3.8, 4) is 0 Å². The van der Waals surface area contributed by atoms with Crippen LogP contribution >= 0.6 is 21.6 Å². The molecule has 2 amide bonds. The molecular weight excluding hydrogens is 1000 g/mol. The third kappa shape index (κ3) is 50.0. The minimum absolute atomic E-state index is 0.00555. The van der Waals surface area contributed by atoms with Crippen LogP contribution in [-0.4, -0.2) is 104 Å². The zero-order chi connectivity index (χ0) is 56.5. The number of carboxylic acid groups (broad SMARTS) is 1. The zero-order valence-electron chi connectivity index (χ0n) is 51.0. The summed E-state index contributed by atoms with van der Waals surface area (Å²) in [5.41, 5.74) is 5.44. The minimum atomic E-state index is -0.711. The summed E-state index contributed by atoms with van der Waals surface area (Å²) in [5.74, 6) is 2.22. The van der Waals surface area contributed by atoms with Gasteiger partial charge in [0, 0.05) is 56.4 Å². The van der Waals surface area contributed by atoms with Gasteiger partial charge in [0.25, 0.3) is 0 Å². The Hall–Kier alpha value is -1.54. The van der Waals surface area contributed by atoms with Gasteiger partial charge < -0.3 is 35.3 Å². The van der Waals surface area contributed by atoms with Crippen LogP contribution in [0.25, 0.3) is 0 Å². The van der Waals surface area contributed by atoms with E-state index in [2.05, 4.69) is 44.8 Å². The van der Waals surface area contributed by atoms with E-state index in [4.69, 9.17) is 25.1 Å². The van der Waals surface area contributed by atoms with Crippen LogP contribution in [0.1, 0.15) is 298 Å². The molecular formula is C64H125N3O8S2. The van der Waals surface area contributed by atoms with Crippen molar-refractivity contribution in [1.82, 2.24) is 10.2 Å². The largest absolute Gasteiger partial charge is 0.481 e. The van der Waals surface area contributed by atoms with Crippen LogP contribution in [-0.2, 0) is 33.4 Å². The van der Waals surface area contributed by atoms with Crippen LogP contribution in [0, 0.1) is 17.8 Å². The molecule has 0 radical (unpaired) electrons. The van der Waals surface area contributed by atoms with E-state index in [1.165, 1.54) is 128 Å². The van der Waals surface area contributed by atoms with Crippen molar-refractivity contribution < 1.29 is 38.5 Å². The smallest absolute Gasteiger partial charge is 0.308 e. The number of rotatable bonds is 62. The van der Waals surface area contributed by atoms with Crippen molar-refractivity contribution >= 4 is 45.3 Å². The van der Waals surface area contributed by atoms with E-state index < -0.39 is 5.97 Å². The molecule has 0 aliphatic rings. The summed E-state index contributed by atoms with van der Waals surface area (Å²) in [6.07, 6.45) is 45.0. The van der Waals surface area contributed by atoms with E-state index in [1.54, 1.807) is 21.6 Å². The highest BCUT2D eigenvalue weighted by Gasteiger charge is 2.26. The summed E-state index contributed by atoms with van der Waals surface area (Å²) in [7, 11) is 3.44. The summed E-state index contributed by atoms with van der Waals surface area (Å²) >= 11 is 0. The van der Waals surface area contributed by atoms with E-state index in [0.29, 0.717) is 70.8 Å². The molecule has 0 aromatic carbocycles. The number of esters is 1. The standard InChI is InChI=1S/C64H125N3O8S2/c1-6-11-16-19-22-28-35-48-67(62(69)45-53-76-77-54-47-66-61(68)44-49-73-51-52-74-50-46-65)60(41-32-25-20-21-27-34-43-63(70)71)42-33-26-23-24-31-40-59(55-57(36-14-9-4)38-29-17-12-7-2)64(72)75-56-58(37-15-10-5)39-30-18-13-8-3/h57-60H,6-56,65H2,1-5H3,(H,66,68)(H,70,71). The van der Waals surface area contributed by atoms with Gasteiger partial charge in [-0.3, -0.25) is 19.2 Å². The second-order valence-electron chi connectivity index (χ2n) is 22.5.